The summed E-state index contributed by atoms with van der Waals surface area (Å²) in [7, 11) is -3.34. The molecule has 0 bridgehead atoms. The minimum Gasteiger partial charge on any atom is -0.376 e. The molecular formula is C12H18N2O4S2. The van der Waals surface area contributed by atoms with Crippen molar-refractivity contribution < 1.29 is 17.9 Å². The SMILES string of the molecule is CC1CN(S(=O)(=O)CCNC(=O)c2cccs2)CCO1. The first-order valence-corrected chi connectivity index (χ1v) is 8.89. The number of thiophene rings is 1. The number of nitrogens with one attached hydrogen (secondary N) is 1. The lowest BCUT2D eigenvalue weighted by Crippen LogP contribution is -2.46. The van der Waals surface area contributed by atoms with Gasteiger partial charge in [0.2, 0.25) is 10.0 Å². The Hall–Kier alpha value is -0.960. The fourth-order valence-corrected chi connectivity index (χ4v) is 4.00. The number of carbonyl (C=O) groups excluding carboxylic acids is 1. The molecule has 0 aliphatic carbocycles. The maximum Gasteiger partial charge on any atom is 0.261 e. The number of nitrogens with zero attached hydrogens (tertiary/aromatic N) is 1. The number of hydrogen-bond donors (Lipinski definition) is 1. The highest BCUT2D eigenvalue weighted by Gasteiger charge is 2.27. The molecular weight excluding hydrogens is 300 g/mol. The second-order valence-corrected chi connectivity index (χ2v) is 7.62. The summed E-state index contributed by atoms with van der Waals surface area (Å²) in [5.74, 6) is -0.317. The van der Waals surface area contributed by atoms with Gasteiger partial charge in [-0.2, -0.15) is 4.31 Å². The predicted octanol–water partition coefficient (Wildman–Crippen LogP) is 0.528. The summed E-state index contributed by atoms with van der Waals surface area (Å²) in [5, 5.41) is 4.43. The van der Waals surface area contributed by atoms with E-state index in [9.17, 15) is 13.2 Å². The van der Waals surface area contributed by atoms with Crippen LogP contribution in [0.1, 0.15) is 16.6 Å². The molecule has 1 aromatic rings. The van der Waals surface area contributed by atoms with E-state index in [1.807, 2.05) is 6.92 Å². The predicted molar refractivity (Wildman–Crippen MR) is 77.4 cm³/mol. The lowest BCUT2D eigenvalue weighted by molar-refractivity contribution is 0.0102. The van der Waals surface area contributed by atoms with Crippen LogP contribution in [-0.4, -0.2) is 56.7 Å². The molecule has 0 spiro atoms. The van der Waals surface area contributed by atoms with E-state index in [1.165, 1.54) is 15.6 Å². The molecule has 2 rings (SSSR count). The molecule has 8 heteroatoms. The molecule has 1 amide bonds. The quantitative estimate of drug-likeness (QED) is 0.859. The Kier molecular flexibility index (Phi) is 5.14. The summed E-state index contributed by atoms with van der Waals surface area (Å²) in [6.45, 7) is 3.14. The van der Waals surface area contributed by atoms with Crippen molar-refractivity contribution in [2.24, 2.45) is 0 Å². The summed E-state index contributed by atoms with van der Waals surface area (Å²) in [5.41, 5.74) is 0. The van der Waals surface area contributed by atoms with Gasteiger partial charge in [-0.3, -0.25) is 4.79 Å². The maximum absolute atomic E-state index is 12.1. The third-order valence-electron chi connectivity index (χ3n) is 2.99. The number of carbonyl (C=O) groups is 1. The Bertz CT molecular complexity index is 542. The second-order valence-electron chi connectivity index (χ2n) is 4.59. The van der Waals surface area contributed by atoms with Gasteiger partial charge >= 0.3 is 0 Å². The van der Waals surface area contributed by atoms with Gasteiger partial charge in [-0.15, -0.1) is 11.3 Å². The molecule has 0 radical (unpaired) electrons. The topological polar surface area (TPSA) is 75.7 Å². The van der Waals surface area contributed by atoms with E-state index >= 15 is 0 Å². The van der Waals surface area contributed by atoms with Crippen molar-refractivity contribution in [2.45, 2.75) is 13.0 Å². The van der Waals surface area contributed by atoms with Crippen LogP contribution < -0.4 is 5.32 Å². The van der Waals surface area contributed by atoms with E-state index in [0.717, 1.165) is 0 Å². The van der Waals surface area contributed by atoms with Crippen LogP contribution >= 0.6 is 11.3 Å². The zero-order valence-corrected chi connectivity index (χ0v) is 12.9. The number of amides is 1. The van der Waals surface area contributed by atoms with Crippen LogP contribution in [0.25, 0.3) is 0 Å². The van der Waals surface area contributed by atoms with E-state index in [-0.39, 0.29) is 24.3 Å². The van der Waals surface area contributed by atoms with Gasteiger partial charge < -0.3 is 10.1 Å². The fourth-order valence-electron chi connectivity index (χ4n) is 1.96. The molecule has 112 valence electrons. The molecule has 0 aromatic carbocycles. The molecule has 2 heterocycles. The minimum absolute atomic E-state index is 0.0840. The van der Waals surface area contributed by atoms with Crippen molar-refractivity contribution >= 4 is 27.3 Å². The van der Waals surface area contributed by atoms with Gasteiger partial charge in [0.25, 0.3) is 5.91 Å². The summed E-state index contributed by atoms with van der Waals surface area (Å²) in [6, 6.07) is 3.49. The zero-order valence-electron chi connectivity index (χ0n) is 11.2. The van der Waals surface area contributed by atoms with Crippen molar-refractivity contribution in [1.82, 2.24) is 9.62 Å². The lowest BCUT2D eigenvalue weighted by Gasteiger charge is -2.30. The van der Waals surface area contributed by atoms with Crippen LogP contribution in [0.15, 0.2) is 17.5 Å². The molecule has 1 atom stereocenters. The van der Waals surface area contributed by atoms with E-state index in [1.54, 1.807) is 17.5 Å². The normalized spacial score (nSPS) is 20.8. The van der Waals surface area contributed by atoms with Gasteiger partial charge in [-0.05, 0) is 18.4 Å². The highest BCUT2D eigenvalue weighted by molar-refractivity contribution is 7.89. The lowest BCUT2D eigenvalue weighted by atomic mass is 10.3. The van der Waals surface area contributed by atoms with Crippen LogP contribution in [0.4, 0.5) is 0 Å². The highest BCUT2D eigenvalue weighted by atomic mass is 32.2. The first kappa shape index (κ1) is 15.4. The largest absolute Gasteiger partial charge is 0.376 e. The second kappa shape index (κ2) is 6.66. The summed E-state index contributed by atoms with van der Waals surface area (Å²) in [4.78, 5) is 12.3. The van der Waals surface area contributed by atoms with Crippen molar-refractivity contribution in [2.75, 3.05) is 32.0 Å². The highest BCUT2D eigenvalue weighted by Crippen LogP contribution is 2.10. The summed E-state index contributed by atoms with van der Waals surface area (Å²) in [6.07, 6.45) is -0.0840. The molecule has 1 aliphatic rings. The monoisotopic (exact) mass is 318 g/mol. The standard InChI is InChI=1S/C12H18N2O4S2/c1-10-9-14(5-6-18-10)20(16,17)8-4-13-12(15)11-3-2-7-19-11/h2-3,7,10H,4-6,8-9H2,1H3,(H,13,15). The Morgan fingerprint density at radius 2 is 2.40 bits per heavy atom. The van der Waals surface area contributed by atoms with Crippen molar-refractivity contribution in [3.63, 3.8) is 0 Å². The Labute approximate surface area is 122 Å². The average Bonchev–Trinajstić information content (AvgIpc) is 2.92. The zero-order chi connectivity index (χ0) is 14.6. The first-order chi connectivity index (χ1) is 9.49. The van der Waals surface area contributed by atoms with E-state index < -0.39 is 10.0 Å². The van der Waals surface area contributed by atoms with Gasteiger partial charge in [0.05, 0.1) is 23.3 Å². The smallest absolute Gasteiger partial charge is 0.261 e. The first-order valence-electron chi connectivity index (χ1n) is 6.40. The van der Waals surface area contributed by atoms with Gasteiger partial charge in [-0.25, -0.2) is 8.42 Å². The molecule has 1 aromatic heterocycles. The minimum atomic E-state index is -3.34. The Morgan fingerprint density at radius 3 is 3.05 bits per heavy atom. The molecule has 1 fully saturated rings. The van der Waals surface area contributed by atoms with E-state index in [4.69, 9.17) is 4.74 Å². The fraction of sp³-hybridized carbons (Fsp3) is 0.583. The summed E-state index contributed by atoms with van der Waals surface area (Å²) >= 11 is 1.33. The van der Waals surface area contributed by atoms with Crippen LogP contribution in [0.3, 0.4) is 0 Å². The Morgan fingerprint density at radius 1 is 1.60 bits per heavy atom. The van der Waals surface area contributed by atoms with Crippen molar-refractivity contribution in [3.05, 3.63) is 22.4 Å². The number of ether oxygens (including phenoxy) is 1. The van der Waals surface area contributed by atoms with Crippen LogP contribution in [0.5, 0.6) is 0 Å². The molecule has 1 unspecified atom stereocenters. The van der Waals surface area contributed by atoms with Gasteiger partial charge in [0.15, 0.2) is 0 Å². The number of sulfonamides is 1. The average molecular weight is 318 g/mol. The van der Waals surface area contributed by atoms with Crippen molar-refractivity contribution in [1.29, 1.82) is 0 Å². The molecule has 20 heavy (non-hydrogen) atoms. The number of hydrogen-bond acceptors (Lipinski definition) is 5. The maximum atomic E-state index is 12.1. The molecule has 6 nitrogen and oxygen atoms in total. The van der Waals surface area contributed by atoms with Crippen molar-refractivity contribution in [3.8, 4) is 0 Å². The van der Waals surface area contributed by atoms with E-state index in [0.29, 0.717) is 24.6 Å². The van der Waals surface area contributed by atoms with E-state index in [2.05, 4.69) is 5.32 Å². The third-order valence-corrected chi connectivity index (χ3v) is 5.69. The third kappa shape index (κ3) is 4.02. The molecule has 1 aliphatic heterocycles. The van der Waals surface area contributed by atoms with Crippen LogP contribution in [0.2, 0.25) is 0 Å². The van der Waals surface area contributed by atoms with Crippen LogP contribution in [-0.2, 0) is 14.8 Å². The van der Waals surface area contributed by atoms with Gasteiger partial charge in [0.1, 0.15) is 0 Å². The number of rotatable bonds is 5. The summed E-state index contributed by atoms with van der Waals surface area (Å²) < 4.78 is 31.0. The Balaban J connectivity index is 1.82. The van der Waals surface area contributed by atoms with Gasteiger partial charge in [-0.1, -0.05) is 6.07 Å². The molecule has 1 N–H and O–H groups in total. The van der Waals surface area contributed by atoms with Gasteiger partial charge in [0, 0.05) is 19.6 Å². The molecule has 0 saturated carbocycles. The number of morpholine rings is 1. The van der Waals surface area contributed by atoms with Crippen LogP contribution in [0, 0.1) is 0 Å². The molecule has 1 saturated heterocycles.